The predicted octanol–water partition coefficient (Wildman–Crippen LogP) is 4.97. The van der Waals surface area contributed by atoms with E-state index in [1.807, 2.05) is 36.2 Å². The van der Waals surface area contributed by atoms with Crippen LogP contribution in [-0.4, -0.2) is 82.4 Å². The quantitative estimate of drug-likeness (QED) is 0.426. The van der Waals surface area contributed by atoms with Gasteiger partial charge < -0.3 is 19.6 Å². The van der Waals surface area contributed by atoms with Crippen LogP contribution in [0.25, 0.3) is 10.4 Å². The van der Waals surface area contributed by atoms with Crippen LogP contribution in [0.1, 0.15) is 67.1 Å². The van der Waals surface area contributed by atoms with Crippen LogP contribution in [0.2, 0.25) is 0 Å². The molecule has 2 fully saturated rings. The van der Waals surface area contributed by atoms with E-state index in [2.05, 4.69) is 51.8 Å². The molecule has 230 valence electrons. The van der Waals surface area contributed by atoms with Crippen LogP contribution in [0.15, 0.2) is 53.1 Å². The van der Waals surface area contributed by atoms with E-state index in [0.29, 0.717) is 38.2 Å². The Hall–Kier alpha value is -3.50. The fraction of sp³-hybridized carbons (Fsp3) is 0.515. The van der Waals surface area contributed by atoms with Gasteiger partial charge in [-0.3, -0.25) is 19.3 Å². The van der Waals surface area contributed by atoms with Crippen LogP contribution in [0.3, 0.4) is 0 Å². The molecule has 3 aromatic rings. The van der Waals surface area contributed by atoms with Crippen LogP contribution in [0.5, 0.6) is 0 Å². The van der Waals surface area contributed by atoms with Gasteiger partial charge in [0.25, 0.3) is 5.91 Å². The molecule has 2 aliphatic heterocycles. The summed E-state index contributed by atoms with van der Waals surface area (Å²) in [6.07, 6.45) is 3.48. The third-order valence-electron chi connectivity index (χ3n) is 8.21. The van der Waals surface area contributed by atoms with Crippen LogP contribution >= 0.6 is 11.3 Å². The van der Waals surface area contributed by atoms with Crippen molar-refractivity contribution in [1.29, 1.82) is 0 Å². The number of aromatic nitrogens is 1. The molecule has 2 bridgehead atoms. The molecule has 2 saturated heterocycles. The Labute approximate surface area is 258 Å². The number of nitrogens with zero attached hydrogens (tertiary/aromatic N) is 4. The van der Waals surface area contributed by atoms with Crippen molar-refractivity contribution in [3.63, 3.8) is 0 Å². The average molecular weight is 606 g/mol. The second-order valence-electron chi connectivity index (χ2n) is 12.1. The number of amides is 3. The number of rotatable bonds is 6. The third-order valence-corrected chi connectivity index (χ3v) is 9.33. The van der Waals surface area contributed by atoms with Crippen molar-refractivity contribution in [2.24, 2.45) is 5.92 Å². The Morgan fingerprint density at radius 3 is 2.58 bits per heavy atom. The molecule has 0 radical (unpaired) electrons. The van der Waals surface area contributed by atoms with Crippen molar-refractivity contribution in [3.05, 3.63) is 64.9 Å². The summed E-state index contributed by atoms with van der Waals surface area (Å²) in [5.41, 5.74) is 1.42. The molecule has 2 aromatic heterocycles. The number of thiophene rings is 1. The summed E-state index contributed by atoms with van der Waals surface area (Å²) in [7, 11) is 0. The first-order valence-electron chi connectivity index (χ1n) is 15.5. The largest absolute Gasteiger partial charge is 0.361 e. The van der Waals surface area contributed by atoms with E-state index >= 15 is 0 Å². The van der Waals surface area contributed by atoms with Gasteiger partial charge >= 0.3 is 0 Å². The lowest BCUT2D eigenvalue weighted by Gasteiger charge is -2.31. The smallest absolute Gasteiger partial charge is 0.276 e. The minimum Gasteiger partial charge on any atom is -0.361 e. The zero-order valence-electron chi connectivity index (χ0n) is 25.5. The number of fused-ring (bicyclic) bond motifs is 2. The molecule has 1 aromatic carbocycles. The summed E-state index contributed by atoms with van der Waals surface area (Å²) in [5.74, 6) is 0.321. The van der Waals surface area contributed by atoms with Gasteiger partial charge in [-0.1, -0.05) is 49.3 Å². The van der Waals surface area contributed by atoms with Gasteiger partial charge in [0.2, 0.25) is 11.8 Å². The maximum absolute atomic E-state index is 13.6. The Bertz CT molecular complexity index is 1390. The van der Waals surface area contributed by atoms with Crippen LogP contribution in [-0.2, 0) is 16.1 Å². The Balaban J connectivity index is 1.33. The van der Waals surface area contributed by atoms with Gasteiger partial charge in [0.15, 0.2) is 5.69 Å². The van der Waals surface area contributed by atoms with Crippen molar-refractivity contribution in [3.8, 4) is 10.4 Å². The van der Waals surface area contributed by atoms with Crippen molar-refractivity contribution < 1.29 is 18.9 Å². The molecule has 3 amide bonds. The molecule has 0 saturated carbocycles. The zero-order chi connectivity index (χ0) is 30.3. The summed E-state index contributed by atoms with van der Waals surface area (Å²) in [5, 5.41) is 6.98. The molecule has 0 spiro atoms. The lowest BCUT2D eigenvalue weighted by atomic mass is 10.1. The molecule has 4 heterocycles. The van der Waals surface area contributed by atoms with E-state index < -0.39 is 6.04 Å². The molecule has 2 atom stereocenters. The number of carbonyl (C=O) groups excluding carboxylic acids is 3. The van der Waals surface area contributed by atoms with E-state index in [9.17, 15) is 14.4 Å². The lowest BCUT2D eigenvalue weighted by molar-refractivity contribution is -0.134. The van der Waals surface area contributed by atoms with Crippen molar-refractivity contribution >= 4 is 29.1 Å². The standard InChI is InChI=1S/C33H43N5O4S/c1-23(2)18-31(39)37-17-9-16-36(22-27-12-13-30(43-27)25-10-5-4-6-11-25)15-8-7-14-34-32(40)29-20-26(37)21-38(29)33(41)28-19-24(3)42-35-28/h4-6,10-13,19,23,26,29H,7-9,14-18,20-22H2,1-3H3,(H,34,40)/t26-,29-/m0/s1. The summed E-state index contributed by atoms with van der Waals surface area (Å²) in [6, 6.07) is 15.6. The third kappa shape index (κ3) is 7.92. The molecule has 9 nitrogen and oxygen atoms in total. The molecule has 2 aliphatic rings. The first kappa shape index (κ1) is 30.9. The Morgan fingerprint density at radius 1 is 1.05 bits per heavy atom. The minimum absolute atomic E-state index is 0.0788. The number of nitrogens with one attached hydrogen (secondary N) is 1. The average Bonchev–Trinajstić information content (AvgIpc) is 3.74. The fourth-order valence-electron chi connectivity index (χ4n) is 6.07. The zero-order valence-corrected chi connectivity index (χ0v) is 26.3. The fourth-order valence-corrected chi connectivity index (χ4v) is 7.13. The highest BCUT2D eigenvalue weighted by molar-refractivity contribution is 7.15. The molecule has 0 aliphatic carbocycles. The molecule has 5 rings (SSSR count). The summed E-state index contributed by atoms with van der Waals surface area (Å²) < 4.78 is 5.15. The SMILES string of the molecule is Cc1cc(C(=O)N2C[C@@H]3C[C@H]2C(=O)NCCCCN(Cc2ccc(-c4ccccc4)s2)CCCN3C(=O)CC(C)C)no1. The molecule has 10 heteroatoms. The molecule has 0 unspecified atom stereocenters. The normalized spacial score (nSPS) is 20.7. The van der Waals surface area contributed by atoms with Gasteiger partial charge in [-0.15, -0.1) is 11.3 Å². The van der Waals surface area contributed by atoms with E-state index in [4.69, 9.17) is 4.52 Å². The number of carbonyl (C=O) groups is 3. The van der Waals surface area contributed by atoms with Gasteiger partial charge in [-0.05, 0) is 62.8 Å². The van der Waals surface area contributed by atoms with E-state index in [1.54, 1.807) is 17.9 Å². The Kier molecular flexibility index (Phi) is 10.3. The van der Waals surface area contributed by atoms with Crippen LogP contribution in [0.4, 0.5) is 0 Å². The van der Waals surface area contributed by atoms with Crippen LogP contribution in [0, 0.1) is 12.8 Å². The van der Waals surface area contributed by atoms with Crippen LogP contribution < -0.4 is 5.32 Å². The maximum Gasteiger partial charge on any atom is 0.276 e. The molecule has 1 N–H and O–H groups in total. The highest BCUT2D eigenvalue weighted by Gasteiger charge is 2.43. The predicted molar refractivity (Wildman–Crippen MR) is 168 cm³/mol. The van der Waals surface area contributed by atoms with Gasteiger partial charge in [0.05, 0.1) is 6.04 Å². The lowest BCUT2D eigenvalue weighted by Crippen LogP contribution is -2.46. The summed E-state index contributed by atoms with van der Waals surface area (Å²) in [4.78, 5) is 49.0. The molecular formula is C33H43N5O4S. The molecular weight excluding hydrogens is 562 g/mol. The van der Waals surface area contributed by atoms with Gasteiger partial charge in [0, 0.05) is 55.0 Å². The van der Waals surface area contributed by atoms with Crippen molar-refractivity contribution in [2.75, 3.05) is 32.7 Å². The second kappa shape index (κ2) is 14.3. The summed E-state index contributed by atoms with van der Waals surface area (Å²) >= 11 is 1.83. The van der Waals surface area contributed by atoms with E-state index in [-0.39, 0.29) is 35.4 Å². The van der Waals surface area contributed by atoms with E-state index in [0.717, 1.165) is 38.9 Å². The summed E-state index contributed by atoms with van der Waals surface area (Å²) in [6.45, 7) is 9.90. The van der Waals surface area contributed by atoms with Gasteiger partial charge in [-0.25, -0.2) is 0 Å². The van der Waals surface area contributed by atoms with Crippen molar-refractivity contribution in [2.45, 2.75) is 71.5 Å². The minimum atomic E-state index is -0.652. The first-order chi connectivity index (χ1) is 20.8. The van der Waals surface area contributed by atoms with Gasteiger partial charge in [0.1, 0.15) is 11.8 Å². The van der Waals surface area contributed by atoms with Gasteiger partial charge in [-0.2, -0.15) is 0 Å². The number of hydrogen-bond donors (Lipinski definition) is 1. The number of likely N-dealkylation sites (tertiary alicyclic amines) is 1. The second-order valence-corrected chi connectivity index (χ2v) is 13.3. The first-order valence-corrected chi connectivity index (χ1v) is 16.3. The number of benzene rings is 1. The maximum atomic E-state index is 13.6. The molecule has 43 heavy (non-hydrogen) atoms. The van der Waals surface area contributed by atoms with E-state index in [1.165, 1.54) is 15.3 Å². The monoisotopic (exact) mass is 605 g/mol. The highest BCUT2D eigenvalue weighted by atomic mass is 32.1. The number of hydrogen-bond acceptors (Lipinski definition) is 7. The topological polar surface area (TPSA) is 99.0 Å². The Morgan fingerprint density at radius 2 is 1.84 bits per heavy atom. The number of aryl methyl sites for hydroxylation is 1. The van der Waals surface area contributed by atoms with Crippen molar-refractivity contribution in [1.82, 2.24) is 25.2 Å². The highest BCUT2D eigenvalue weighted by Crippen LogP contribution is 2.29.